The first kappa shape index (κ1) is 15.2. The second kappa shape index (κ2) is 7.58. The van der Waals surface area contributed by atoms with Crippen LogP contribution in [-0.2, 0) is 16.0 Å². The third-order valence-electron chi connectivity index (χ3n) is 3.47. The van der Waals surface area contributed by atoms with Gasteiger partial charge in [-0.1, -0.05) is 37.3 Å². The fraction of sp³-hybridized carbons (Fsp3) is 0.500. The van der Waals surface area contributed by atoms with Gasteiger partial charge in [-0.15, -0.1) is 0 Å². The van der Waals surface area contributed by atoms with E-state index in [0.29, 0.717) is 12.8 Å². The maximum Gasteiger partial charge on any atom is 0.305 e. The van der Waals surface area contributed by atoms with E-state index in [-0.39, 0.29) is 11.4 Å². The van der Waals surface area contributed by atoms with E-state index in [4.69, 9.17) is 10.00 Å². The first-order valence-corrected chi connectivity index (χ1v) is 6.57. The van der Waals surface area contributed by atoms with Crippen molar-refractivity contribution in [1.29, 1.82) is 5.26 Å². The van der Waals surface area contributed by atoms with Crippen molar-refractivity contribution < 1.29 is 9.53 Å². The van der Waals surface area contributed by atoms with Gasteiger partial charge in [0.2, 0.25) is 0 Å². The predicted molar refractivity (Wildman–Crippen MR) is 74.4 cm³/mol. The Morgan fingerprint density at radius 3 is 2.58 bits per heavy atom. The van der Waals surface area contributed by atoms with Gasteiger partial charge in [0.15, 0.2) is 0 Å². The minimum absolute atomic E-state index is 0.0364. The normalized spacial score (nSPS) is 13.3. The molecule has 0 amide bonds. The zero-order chi connectivity index (χ0) is 14.1. The molecule has 0 radical (unpaired) electrons. The van der Waals surface area contributed by atoms with Crippen LogP contribution in [-0.4, -0.2) is 13.1 Å². The molecule has 0 aromatic heterocycles. The van der Waals surface area contributed by atoms with E-state index in [1.807, 2.05) is 18.2 Å². The highest BCUT2D eigenvalue weighted by Crippen LogP contribution is 2.33. The minimum atomic E-state index is -0.184. The predicted octanol–water partition coefficient (Wildman–Crippen LogP) is 3.49. The van der Waals surface area contributed by atoms with Crippen LogP contribution in [0.1, 0.15) is 38.2 Å². The molecule has 1 aromatic rings. The Morgan fingerprint density at radius 2 is 2.00 bits per heavy atom. The molecule has 0 saturated carbocycles. The Kier molecular flexibility index (Phi) is 6.08. The molecular weight excluding hydrogens is 238 g/mol. The zero-order valence-corrected chi connectivity index (χ0v) is 11.7. The first-order valence-electron chi connectivity index (χ1n) is 6.57. The molecule has 1 aromatic carbocycles. The quantitative estimate of drug-likeness (QED) is 0.704. The van der Waals surface area contributed by atoms with Crippen LogP contribution in [0.3, 0.4) is 0 Å². The van der Waals surface area contributed by atoms with Crippen LogP contribution in [0, 0.1) is 16.7 Å². The summed E-state index contributed by atoms with van der Waals surface area (Å²) >= 11 is 0. The number of hydrogen-bond acceptors (Lipinski definition) is 3. The number of nitrogens with zero attached hydrogens (tertiary/aromatic N) is 1. The fourth-order valence-corrected chi connectivity index (χ4v) is 2.25. The van der Waals surface area contributed by atoms with Crippen LogP contribution in [0.25, 0.3) is 0 Å². The molecule has 1 rings (SSSR count). The summed E-state index contributed by atoms with van der Waals surface area (Å²) in [7, 11) is 1.41. The van der Waals surface area contributed by atoms with Crippen molar-refractivity contribution in [2.45, 2.75) is 39.0 Å². The summed E-state index contributed by atoms with van der Waals surface area (Å²) in [6.45, 7) is 2.14. The van der Waals surface area contributed by atoms with Crippen molar-refractivity contribution in [2.24, 2.45) is 5.41 Å². The molecule has 3 heteroatoms. The number of methoxy groups -OCH3 is 1. The smallest absolute Gasteiger partial charge is 0.305 e. The second-order valence-electron chi connectivity index (χ2n) is 5.21. The van der Waals surface area contributed by atoms with Crippen LogP contribution in [0.2, 0.25) is 0 Å². The number of ether oxygens (including phenoxy) is 1. The third kappa shape index (κ3) is 5.56. The summed E-state index contributed by atoms with van der Waals surface area (Å²) in [5.41, 5.74) is 1.21. The van der Waals surface area contributed by atoms with E-state index in [1.165, 1.54) is 12.7 Å². The number of rotatable bonds is 7. The standard InChI is InChI=1S/C16H21NO2/c1-16(10-6-12-17,11-9-15(18)19-2)13-14-7-4-3-5-8-14/h3-5,7-8H,6,9-11,13H2,1-2H3. The van der Waals surface area contributed by atoms with E-state index in [0.717, 1.165) is 19.3 Å². The molecule has 3 nitrogen and oxygen atoms in total. The molecule has 0 fully saturated rings. The topological polar surface area (TPSA) is 50.1 Å². The highest BCUT2D eigenvalue weighted by molar-refractivity contribution is 5.69. The molecule has 0 aliphatic carbocycles. The Balaban J connectivity index is 2.69. The molecule has 0 aliphatic rings. The molecule has 1 atom stereocenters. The van der Waals surface area contributed by atoms with Crippen molar-refractivity contribution >= 4 is 5.97 Å². The molecule has 0 N–H and O–H groups in total. The Labute approximate surface area is 115 Å². The molecule has 1 unspecified atom stereocenters. The van der Waals surface area contributed by atoms with Crippen LogP contribution in [0.4, 0.5) is 0 Å². The molecule has 0 aliphatic heterocycles. The van der Waals surface area contributed by atoms with Crippen molar-refractivity contribution in [3.63, 3.8) is 0 Å². The summed E-state index contributed by atoms with van der Waals surface area (Å²) in [4.78, 5) is 11.3. The van der Waals surface area contributed by atoms with Gasteiger partial charge in [-0.25, -0.2) is 0 Å². The van der Waals surface area contributed by atoms with E-state index in [2.05, 4.69) is 25.1 Å². The molecule has 0 saturated heterocycles. The Bertz CT molecular complexity index is 436. The first-order chi connectivity index (χ1) is 9.09. The molecule has 102 valence electrons. The summed E-state index contributed by atoms with van der Waals surface area (Å²) in [6.07, 6.45) is 3.36. The van der Waals surface area contributed by atoms with Gasteiger partial charge < -0.3 is 4.74 Å². The SMILES string of the molecule is COC(=O)CCC(C)(CCC#N)Cc1ccccc1. The van der Waals surface area contributed by atoms with Crippen LogP contribution in [0.5, 0.6) is 0 Å². The molecular formula is C16H21NO2. The van der Waals surface area contributed by atoms with E-state index < -0.39 is 0 Å². The van der Waals surface area contributed by atoms with E-state index in [9.17, 15) is 4.79 Å². The lowest BCUT2D eigenvalue weighted by Crippen LogP contribution is -2.21. The average Bonchev–Trinajstić information content (AvgIpc) is 2.44. The van der Waals surface area contributed by atoms with E-state index >= 15 is 0 Å². The maximum atomic E-state index is 11.3. The lowest BCUT2D eigenvalue weighted by molar-refractivity contribution is -0.141. The van der Waals surface area contributed by atoms with Gasteiger partial charge in [-0.05, 0) is 30.2 Å². The van der Waals surface area contributed by atoms with Crippen molar-refractivity contribution in [3.8, 4) is 6.07 Å². The third-order valence-corrected chi connectivity index (χ3v) is 3.47. The number of esters is 1. The van der Waals surface area contributed by atoms with Crippen LogP contribution >= 0.6 is 0 Å². The molecule has 0 bridgehead atoms. The summed E-state index contributed by atoms with van der Waals surface area (Å²) in [6, 6.07) is 12.4. The maximum absolute atomic E-state index is 11.3. The van der Waals surface area contributed by atoms with Crippen molar-refractivity contribution in [1.82, 2.24) is 0 Å². The molecule has 0 spiro atoms. The van der Waals surface area contributed by atoms with Crippen molar-refractivity contribution in [3.05, 3.63) is 35.9 Å². The lowest BCUT2D eigenvalue weighted by Gasteiger charge is -2.28. The largest absolute Gasteiger partial charge is 0.469 e. The Hall–Kier alpha value is -1.82. The lowest BCUT2D eigenvalue weighted by atomic mass is 9.76. The number of carbonyl (C=O) groups excluding carboxylic acids is 1. The van der Waals surface area contributed by atoms with Gasteiger partial charge in [0.05, 0.1) is 13.2 Å². The zero-order valence-electron chi connectivity index (χ0n) is 11.7. The van der Waals surface area contributed by atoms with Gasteiger partial charge in [-0.2, -0.15) is 5.26 Å². The summed E-state index contributed by atoms with van der Waals surface area (Å²) in [5, 5.41) is 8.78. The summed E-state index contributed by atoms with van der Waals surface area (Å²) < 4.78 is 4.70. The number of carbonyl (C=O) groups is 1. The van der Waals surface area contributed by atoms with Gasteiger partial charge in [-0.3, -0.25) is 4.79 Å². The fourth-order valence-electron chi connectivity index (χ4n) is 2.25. The van der Waals surface area contributed by atoms with Crippen LogP contribution in [0.15, 0.2) is 30.3 Å². The minimum Gasteiger partial charge on any atom is -0.469 e. The second-order valence-corrected chi connectivity index (χ2v) is 5.21. The van der Waals surface area contributed by atoms with Crippen LogP contribution < -0.4 is 0 Å². The molecule has 0 heterocycles. The van der Waals surface area contributed by atoms with Gasteiger partial charge in [0.25, 0.3) is 0 Å². The molecule has 19 heavy (non-hydrogen) atoms. The number of benzene rings is 1. The summed E-state index contributed by atoms with van der Waals surface area (Å²) in [5.74, 6) is -0.184. The Morgan fingerprint density at radius 1 is 1.32 bits per heavy atom. The highest BCUT2D eigenvalue weighted by atomic mass is 16.5. The highest BCUT2D eigenvalue weighted by Gasteiger charge is 2.25. The van der Waals surface area contributed by atoms with Gasteiger partial charge in [0.1, 0.15) is 0 Å². The van der Waals surface area contributed by atoms with Gasteiger partial charge >= 0.3 is 5.97 Å². The monoisotopic (exact) mass is 259 g/mol. The van der Waals surface area contributed by atoms with Crippen molar-refractivity contribution in [2.75, 3.05) is 7.11 Å². The van der Waals surface area contributed by atoms with E-state index in [1.54, 1.807) is 0 Å². The average molecular weight is 259 g/mol. The number of nitriles is 1. The van der Waals surface area contributed by atoms with Gasteiger partial charge in [0, 0.05) is 12.8 Å². The number of hydrogen-bond donors (Lipinski definition) is 0.